The SMILES string of the molecule is CC(C)CCCC(N)C1CCCC(C)C1. The largest absolute Gasteiger partial charge is 0.327 e. The Morgan fingerprint density at radius 3 is 2.53 bits per heavy atom. The van der Waals surface area contributed by atoms with Crippen LogP contribution < -0.4 is 5.73 Å². The summed E-state index contributed by atoms with van der Waals surface area (Å²) in [7, 11) is 0. The highest BCUT2D eigenvalue weighted by Crippen LogP contribution is 2.31. The van der Waals surface area contributed by atoms with Crippen molar-refractivity contribution in [2.24, 2.45) is 23.5 Å². The molecule has 1 saturated carbocycles. The van der Waals surface area contributed by atoms with Gasteiger partial charge in [0.05, 0.1) is 0 Å². The van der Waals surface area contributed by atoms with Gasteiger partial charge < -0.3 is 5.73 Å². The summed E-state index contributed by atoms with van der Waals surface area (Å²) in [6.45, 7) is 6.98. The molecule has 2 N–H and O–H groups in total. The van der Waals surface area contributed by atoms with Crippen LogP contribution >= 0.6 is 0 Å². The van der Waals surface area contributed by atoms with Crippen molar-refractivity contribution < 1.29 is 0 Å². The second-order valence-electron chi connectivity index (χ2n) is 6.02. The molecule has 0 saturated heterocycles. The highest BCUT2D eigenvalue weighted by molar-refractivity contribution is 4.79. The van der Waals surface area contributed by atoms with Crippen molar-refractivity contribution in [1.82, 2.24) is 0 Å². The molecule has 3 unspecified atom stereocenters. The van der Waals surface area contributed by atoms with Crippen molar-refractivity contribution in [1.29, 1.82) is 0 Å². The standard InChI is InChI=1S/C14H29N/c1-11(2)6-4-9-14(15)13-8-5-7-12(3)10-13/h11-14H,4-10,15H2,1-3H3. The summed E-state index contributed by atoms with van der Waals surface area (Å²) in [6, 6.07) is 0.478. The first-order valence-corrected chi connectivity index (χ1v) is 6.85. The molecule has 0 heterocycles. The van der Waals surface area contributed by atoms with Crippen molar-refractivity contribution in [3.8, 4) is 0 Å². The molecule has 0 radical (unpaired) electrons. The Hall–Kier alpha value is -0.0400. The van der Waals surface area contributed by atoms with Crippen LogP contribution in [0.4, 0.5) is 0 Å². The van der Waals surface area contributed by atoms with Gasteiger partial charge in [-0.05, 0) is 37.0 Å². The van der Waals surface area contributed by atoms with Gasteiger partial charge in [0, 0.05) is 6.04 Å². The van der Waals surface area contributed by atoms with E-state index in [0.29, 0.717) is 6.04 Å². The van der Waals surface area contributed by atoms with E-state index in [9.17, 15) is 0 Å². The van der Waals surface area contributed by atoms with E-state index in [0.717, 1.165) is 17.8 Å². The Bertz CT molecular complexity index is 165. The quantitative estimate of drug-likeness (QED) is 0.731. The molecule has 90 valence electrons. The van der Waals surface area contributed by atoms with Crippen LogP contribution in [0.25, 0.3) is 0 Å². The van der Waals surface area contributed by atoms with E-state index in [1.54, 1.807) is 0 Å². The van der Waals surface area contributed by atoms with Gasteiger partial charge in [0.1, 0.15) is 0 Å². The lowest BCUT2D eigenvalue weighted by Gasteiger charge is -2.31. The van der Waals surface area contributed by atoms with Crippen molar-refractivity contribution in [3.05, 3.63) is 0 Å². The summed E-state index contributed by atoms with van der Waals surface area (Å²) in [6.07, 6.45) is 9.50. The minimum atomic E-state index is 0.478. The normalized spacial score (nSPS) is 29.4. The lowest BCUT2D eigenvalue weighted by atomic mass is 9.77. The summed E-state index contributed by atoms with van der Waals surface area (Å²) < 4.78 is 0. The molecule has 0 amide bonds. The summed E-state index contributed by atoms with van der Waals surface area (Å²) in [5.74, 6) is 2.57. The van der Waals surface area contributed by atoms with E-state index in [1.165, 1.54) is 44.9 Å². The molecular weight excluding hydrogens is 182 g/mol. The predicted molar refractivity (Wildman–Crippen MR) is 67.8 cm³/mol. The highest BCUT2D eigenvalue weighted by atomic mass is 14.6. The van der Waals surface area contributed by atoms with Crippen LogP contribution in [0.1, 0.15) is 65.7 Å². The smallest absolute Gasteiger partial charge is 0.00672 e. The fourth-order valence-electron chi connectivity index (χ4n) is 2.87. The van der Waals surface area contributed by atoms with Crippen molar-refractivity contribution in [2.75, 3.05) is 0 Å². The Morgan fingerprint density at radius 1 is 1.20 bits per heavy atom. The number of hydrogen-bond donors (Lipinski definition) is 1. The third kappa shape index (κ3) is 5.01. The second kappa shape index (κ2) is 6.52. The molecule has 0 aromatic carbocycles. The summed E-state index contributed by atoms with van der Waals surface area (Å²) in [4.78, 5) is 0. The first-order valence-electron chi connectivity index (χ1n) is 6.85. The lowest BCUT2D eigenvalue weighted by Crippen LogP contribution is -2.33. The van der Waals surface area contributed by atoms with Crippen LogP contribution in [-0.2, 0) is 0 Å². The molecule has 0 spiro atoms. The van der Waals surface area contributed by atoms with E-state index < -0.39 is 0 Å². The first-order chi connectivity index (χ1) is 7.09. The van der Waals surface area contributed by atoms with Crippen molar-refractivity contribution >= 4 is 0 Å². The maximum absolute atomic E-state index is 6.30. The van der Waals surface area contributed by atoms with E-state index >= 15 is 0 Å². The van der Waals surface area contributed by atoms with E-state index in [-0.39, 0.29) is 0 Å². The van der Waals surface area contributed by atoms with Crippen LogP contribution in [-0.4, -0.2) is 6.04 Å². The monoisotopic (exact) mass is 211 g/mol. The minimum Gasteiger partial charge on any atom is -0.327 e. The van der Waals surface area contributed by atoms with Gasteiger partial charge in [0.15, 0.2) is 0 Å². The highest BCUT2D eigenvalue weighted by Gasteiger charge is 2.23. The van der Waals surface area contributed by atoms with Crippen LogP contribution in [0.5, 0.6) is 0 Å². The van der Waals surface area contributed by atoms with Gasteiger partial charge in [0.25, 0.3) is 0 Å². The maximum Gasteiger partial charge on any atom is 0.00672 e. The van der Waals surface area contributed by atoms with E-state index in [4.69, 9.17) is 5.73 Å². The van der Waals surface area contributed by atoms with Gasteiger partial charge in [-0.3, -0.25) is 0 Å². The van der Waals surface area contributed by atoms with Crippen molar-refractivity contribution in [2.45, 2.75) is 71.8 Å². The fraction of sp³-hybridized carbons (Fsp3) is 1.00. The molecule has 0 bridgehead atoms. The number of rotatable bonds is 5. The van der Waals surface area contributed by atoms with Gasteiger partial charge in [-0.1, -0.05) is 46.5 Å². The number of nitrogens with two attached hydrogens (primary N) is 1. The van der Waals surface area contributed by atoms with Gasteiger partial charge >= 0.3 is 0 Å². The molecule has 1 heteroatoms. The molecule has 1 aliphatic carbocycles. The molecule has 1 fully saturated rings. The Labute approximate surface area is 95.8 Å². The summed E-state index contributed by atoms with van der Waals surface area (Å²) >= 11 is 0. The van der Waals surface area contributed by atoms with Gasteiger partial charge in [-0.15, -0.1) is 0 Å². The molecule has 15 heavy (non-hydrogen) atoms. The molecule has 0 aromatic heterocycles. The molecule has 3 atom stereocenters. The zero-order valence-corrected chi connectivity index (χ0v) is 10.8. The predicted octanol–water partition coefficient (Wildman–Crippen LogP) is 3.97. The van der Waals surface area contributed by atoms with Crippen LogP contribution in [0.2, 0.25) is 0 Å². The molecule has 0 aromatic rings. The average Bonchev–Trinajstić information content (AvgIpc) is 2.17. The first kappa shape index (κ1) is 13.0. The Kier molecular flexibility index (Phi) is 5.66. The van der Waals surface area contributed by atoms with Crippen molar-refractivity contribution in [3.63, 3.8) is 0 Å². The van der Waals surface area contributed by atoms with E-state index in [2.05, 4.69) is 20.8 Å². The van der Waals surface area contributed by atoms with Crippen LogP contribution in [0, 0.1) is 17.8 Å². The molecule has 1 nitrogen and oxygen atoms in total. The van der Waals surface area contributed by atoms with Crippen LogP contribution in [0.3, 0.4) is 0 Å². The minimum absolute atomic E-state index is 0.478. The molecule has 0 aliphatic heterocycles. The molecular formula is C14H29N. The second-order valence-corrected chi connectivity index (χ2v) is 6.02. The summed E-state index contributed by atoms with van der Waals surface area (Å²) in [5.41, 5.74) is 6.30. The molecule has 1 aliphatic rings. The average molecular weight is 211 g/mol. The van der Waals surface area contributed by atoms with Gasteiger partial charge in [-0.2, -0.15) is 0 Å². The Balaban J connectivity index is 2.17. The topological polar surface area (TPSA) is 26.0 Å². The van der Waals surface area contributed by atoms with E-state index in [1.807, 2.05) is 0 Å². The Morgan fingerprint density at radius 2 is 1.93 bits per heavy atom. The summed E-state index contributed by atoms with van der Waals surface area (Å²) in [5, 5.41) is 0. The lowest BCUT2D eigenvalue weighted by molar-refractivity contribution is 0.236. The third-order valence-electron chi connectivity index (χ3n) is 3.90. The molecule has 1 rings (SSSR count). The van der Waals surface area contributed by atoms with Crippen LogP contribution in [0.15, 0.2) is 0 Å². The van der Waals surface area contributed by atoms with Gasteiger partial charge in [0.2, 0.25) is 0 Å². The maximum atomic E-state index is 6.30. The third-order valence-corrected chi connectivity index (χ3v) is 3.90. The number of hydrogen-bond acceptors (Lipinski definition) is 1. The zero-order chi connectivity index (χ0) is 11.3. The van der Waals surface area contributed by atoms with Gasteiger partial charge in [-0.25, -0.2) is 0 Å². The fourth-order valence-corrected chi connectivity index (χ4v) is 2.87. The zero-order valence-electron chi connectivity index (χ0n) is 10.8.